The van der Waals surface area contributed by atoms with Gasteiger partial charge in [0.25, 0.3) is 5.56 Å². The number of hydrogen-bond donors (Lipinski definition) is 2. The summed E-state index contributed by atoms with van der Waals surface area (Å²) in [5.41, 5.74) is 1.51. The number of carboxylic acids is 1. The first kappa shape index (κ1) is 14.2. The molecule has 0 aliphatic heterocycles. The maximum Gasteiger partial charge on any atom is 0.353 e. The number of hydrogen-bond acceptors (Lipinski definition) is 3. The van der Waals surface area contributed by atoms with Crippen molar-refractivity contribution in [3.63, 3.8) is 0 Å². The van der Waals surface area contributed by atoms with Crippen LogP contribution in [-0.2, 0) is 7.05 Å². The van der Waals surface area contributed by atoms with E-state index in [-0.39, 0.29) is 17.1 Å². The summed E-state index contributed by atoms with van der Waals surface area (Å²) in [5.74, 6) is -0.813. The van der Waals surface area contributed by atoms with Crippen LogP contribution in [0.2, 0.25) is 0 Å². The number of carboxylic acid groups (broad SMARTS) is 1. The standard InChI is InChI=1S/C18H13N3O3/c1-21-13-9-5-3-7-11(13)14(15(21)18(23)24)16-19-12-8-4-2-6-10(12)17(22)20-16/h2-9H,1H3,(H,23,24)(H,19,20,22). The SMILES string of the molecule is Cn1c(C(=O)O)c(-c2nc3ccccc3c(=O)[nH]2)c2ccccc21. The van der Waals surface area contributed by atoms with Gasteiger partial charge in [0.15, 0.2) is 0 Å². The fourth-order valence-electron chi connectivity index (χ4n) is 3.09. The summed E-state index contributed by atoms with van der Waals surface area (Å²) >= 11 is 0. The van der Waals surface area contributed by atoms with Crippen LogP contribution >= 0.6 is 0 Å². The lowest BCUT2D eigenvalue weighted by Gasteiger charge is -2.04. The summed E-state index contributed by atoms with van der Waals surface area (Å²) in [5, 5.41) is 10.9. The maximum absolute atomic E-state index is 12.3. The zero-order chi connectivity index (χ0) is 16.8. The smallest absolute Gasteiger partial charge is 0.353 e. The molecule has 0 spiro atoms. The van der Waals surface area contributed by atoms with E-state index in [0.29, 0.717) is 16.5 Å². The Morgan fingerprint density at radius 2 is 1.75 bits per heavy atom. The number of aryl methyl sites for hydroxylation is 1. The number of carbonyl (C=O) groups is 1. The molecule has 118 valence electrons. The Morgan fingerprint density at radius 3 is 2.50 bits per heavy atom. The van der Waals surface area contributed by atoms with E-state index in [1.807, 2.05) is 24.3 Å². The Morgan fingerprint density at radius 1 is 1.08 bits per heavy atom. The quantitative estimate of drug-likeness (QED) is 0.594. The van der Waals surface area contributed by atoms with E-state index in [1.165, 1.54) is 0 Å². The number of para-hydroxylation sites is 2. The van der Waals surface area contributed by atoms with Crippen molar-refractivity contribution in [2.24, 2.45) is 7.05 Å². The molecular weight excluding hydrogens is 306 g/mol. The molecule has 0 fully saturated rings. The van der Waals surface area contributed by atoms with Crippen LogP contribution in [0.5, 0.6) is 0 Å². The first-order chi connectivity index (χ1) is 11.6. The lowest BCUT2D eigenvalue weighted by molar-refractivity contribution is 0.0688. The molecule has 0 saturated carbocycles. The Hall–Kier alpha value is -3.41. The van der Waals surface area contributed by atoms with Gasteiger partial charge >= 0.3 is 5.97 Å². The van der Waals surface area contributed by atoms with E-state index in [4.69, 9.17) is 0 Å². The van der Waals surface area contributed by atoms with Crippen molar-refractivity contribution in [2.75, 3.05) is 0 Å². The molecule has 2 aromatic heterocycles. The van der Waals surface area contributed by atoms with E-state index < -0.39 is 5.97 Å². The van der Waals surface area contributed by atoms with Gasteiger partial charge in [-0.25, -0.2) is 9.78 Å². The van der Waals surface area contributed by atoms with Crippen molar-refractivity contribution in [3.05, 3.63) is 64.6 Å². The normalized spacial score (nSPS) is 11.2. The third-order valence-corrected chi connectivity index (χ3v) is 4.16. The van der Waals surface area contributed by atoms with Gasteiger partial charge in [0.2, 0.25) is 0 Å². The molecule has 0 aliphatic rings. The van der Waals surface area contributed by atoms with Crippen molar-refractivity contribution in [1.29, 1.82) is 0 Å². The number of nitrogens with zero attached hydrogens (tertiary/aromatic N) is 2. The minimum Gasteiger partial charge on any atom is -0.477 e. The van der Waals surface area contributed by atoms with Gasteiger partial charge in [-0.3, -0.25) is 4.79 Å². The fourth-order valence-corrected chi connectivity index (χ4v) is 3.09. The Labute approximate surface area is 136 Å². The molecule has 4 aromatic rings. The van der Waals surface area contributed by atoms with Crippen LogP contribution in [0, 0.1) is 0 Å². The second-order valence-corrected chi connectivity index (χ2v) is 5.54. The summed E-state index contributed by atoms with van der Waals surface area (Å²) in [4.78, 5) is 31.3. The highest BCUT2D eigenvalue weighted by Crippen LogP contribution is 2.32. The molecule has 0 amide bonds. The number of aromatic amines is 1. The minimum absolute atomic E-state index is 0.0923. The predicted octanol–water partition coefficient (Wildman–Crippen LogP) is 2.78. The van der Waals surface area contributed by atoms with Crippen LogP contribution < -0.4 is 5.56 Å². The molecule has 0 unspecified atom stereocenters. The Kier molecular flexibility index (Phi) is 2.99. The van der Waals surface area contributed by atoms with Gasteiger partial charge in [-0.2, -0.15) is 0 Å². The number of H-pyrrole nitrogens is 1. The molecule has 0 bridgehead atoms. The van der Waals surface area contributed by atoms with Crippen LogP contribution in [0.25, 0.3) is 33.2 Å². The minimum atomic E-state index is -1.07. The Balaban J connectivity index is 2.16. The summed E-state index contributed by atoms with van der Waals surface area (Å²) in [6, 6.07) is 14.3. The second-order valence-electron chi connectivity index (χ2n) is 5.54. The number of rotatable bonds is 2. The predicted molar refractivity (Wildman–Crippen MR) is 91.2 cm³/mol. The van der Waals surface area contributed by atoms with Gasteiger partial charge in [0.1, 0.15) is 11.5 Å². The van der Waals surface area contributed by atoms with Gasteiger partial charge in [-0.15, -0.1) is 0 Å². The molecule has 2 aromatic carbocycles. The second kappa shape index (κ2) is 5.06. The highest BCUT2D eigenvalue weighted by molar-refractivity contribution is 6.07. The topological polar surface area (TPSA) is 88.0 Å². The van der Waals surface area contributed by atoms with E-state index in [1.54, 1.807) is 35.9 Å². The van der Waals surface area contributed by atoms with Gasteiger partial charge < -0.3 is 14.7 Å². The zero-order valence-corrected chi connectivity index (χ0v) is 12.8. The lowest BCUT2D eigenvalue weighted by Crippen LogP contribution is -2.12. The van der Waals surface area contributed by atoms with Gasteiger partial charge in [-0.05, 0) is 18.2 Å². The number of aromatic carboxylic acids is 1. The Bertz CT molecular complexity index is 1170. The number of fused-ring (bicyclic) bond motifs is 2. The summed E-state index contributed by atoms with van der Waals surface area (Å²) in [6.45, 7) is 0. The van der Waals surface area contributed by atoms with Crippen molar-refractivity contribution in [3.8, 4) is 11.4 Å². The highest BCUT2D eigenvalue weighted by Gasteiger charge is 2.23. The maximum atomic E-state index is 12.3. The summed E-state index contributed by atoms with van der Waals surface area (Å²) in [7, 11) is 1.69. The van der Waals surface area contributed by atoms with Crippen LogP contribution in [0.15, 0.2) is 53.3 Å². The van der Waals surface area contributed by atoms with E-state index in [9.17, 15) is 14.7 Å². The average Bonchev–Trinajstić information content (AvgIpc) is 2.88. The van der Waals surface area contributed by atoms with Gasteiger partial charge in [0.05, 0.1) is 16.5 Å². The van der Waals surface area contributed by atoms with Crippen molar-refractivity contribution >= 4 is 27.8 Å². The monoisotopic (exact) mass is 319 g/mol. The average molecular weight is 319 g/mol. The molecule has 6 nitrogen and oxygen atoms in total. The van der Waals surface area contributed by atoms with E-state index >= 15 is 0 Å². The molecule has 2 N–H and O–H groups in total. The molecule has 24 heavy (non-hydrogen) atoms. The first-order valence-corrected chi connectivity index (χ1v) is 7.38. The van der Waals surface area contributed by atoms with Gasteiger partial charge in [0, 0.05) is 18.0 Å². The van der Waals surface area contributed by atoms with Crippen molar-refractivity contribution in [1.82, 2.24) is 14.5 Å². The third-order valence-electron chi connectivity index (χ3n) is 4.16. The summed E-state index contributed by atoms with van der Waals surface area (Å²) < 4.78 is 1.60. The van der Waals surface area contributed by atoms with Crippen LogP contribution in [0.3, 0.4) is 0 Å². The van der Waals surface area contributed by atoms with Crippen LogP contribution in [0.1, 0.15) is 10.5 Å². The number of nitrogens with one attached hydrogen (secondary N) is 1. The van der Waals surface area contributed by atoms with Crippen LogP contribution in [-0.4, -0.2) is 25.6 Å². The molecular formula is C18H13N3O3. The number of aromatic nitrogens is 3. The largest absolute Gasteiger partial charge is 0.477 e. The van der Waals surface area contributed by atoms with E-state index in [0.717, 1.165) is 10.9 Å². The molecule has 0 aliphatic carbocycles. The number of benzene rings is 2. The van der Waals surface area contributed by atoms with E-state index in [2.05, 4.69) is 9.97 Å². The van der Waals surface area contributed by atoms with Crippen molar-refractivity contribution < 1.29 is 9.90 Å². The van der Waals surface area contributed by atoms with Crippen LogP contribution in [0.4, 0.5) is 0 Å². The third kappa shape index (κ3) is 1.93. The molecule has 6 heteroatoms. The first-order valence-electron chi connectivity index (χ1n) is 7.38. The fraction of sp³-hybridized carbons (Fsp3) is 0.0556. The van der Waals surface area contributed by atoms with Gasteiger partial charge in [-0.1, -0.05) is 30.3 Å². The lowest BCUT2D eigenvalue weighted by atomic mass is 10.1. The zero-order valence-electron chi connectivity index (χ0n) is 12.8. The molecule has 0 radical (unpaired) electrons. The van der Waals surface area contributed by atoms with Crippen molar-refractivity contribution in [2.45, 2.75) is 0 Å². The highest BCUT2D eigenvalue weighted by atomic mass is 16.4. The molecule has 4 rings (SSSR count). The molecule has 2 heterocycles. The summed E-state index contributed by atoms with van der Waals surface area (Å²) in [6.07, 6.45) is 0. The molecule has 0 atom stereocenters. The molecule has 0 saturated heterocycles.